The van der Waals surface area contributed by atoms with Gasteiger partial charge in [0.25, 0.3) is 0 Å². The molecule has 0 bridgehead atoms. The number of halogens is 1. The fourth-order valence-electron chi connectivity index (χ4n) is 1.49. The van der Waals surface area contributed by atoms with Crippen molar-refractivity contribution < 1.29 is 9.13 Å². The van der Waals surface area contributed by atoms with E-state index in [-0.39, 0.29) is 5.82 Å². The Morgan fingerprint density at radius 2 is 2.18 bits per heavy atom. The maximum Gasteiger partial charge on any atom is 0.123 e. The van der Waals surface area contributed by atoms with Gasteiger partial charge in [0.1, 0.15) is 5.82 Å². The maximum absolute atomic E-state index is 12.9. The highest BCUT2D eigenvalue weighted by Gasteiger charge is 1.91. The van der Waals surface area contributed by atoms with Gasteiger partial charge in [0, 0.05) is 13.7 Å². The molecule has 0 aliphatic carbocycles. The van der Waals surface area contributed by atoms with Crippen molar-refractivity contribution in [2.24, 2.45) is 0 Å². The molecule has 2 nitrogen and oxygen atoms in total. The summed E-state index contributed by atoms with van der Waals surface area (Å²) >= 11 is 0. The van der Waals surface area contributed by atoms with E-state index in [9.17, 15) is 4.39 Å². The molecule has 0 saturated heterocycles. The van der Waals surface area contributed by atoms with E-state index in [1.165, 1.54) is 6.07 Å². The average molecular weight is 237 g/mol. The van der Waals surface area contributed by atoms with E-state index in [0.717, 1.165) is 38.1 Å². The van der Waals surface area contributed by atoms with Crippen molar-refractivity contribution >= 4 is 0 Å². The monoisotopic (exact) mass is 237 g/mol. The zero-order chi connectivity index (χ0) is 12.3. The minimum atomic E-state index is -0.169. The van der Waals surface area contributed by atoms with E-state index in [1.54, 1.807) is 19.2 Å². The Labute approximate surface area is 102 Å². The lowest BCUT2D eigenvalue weighted by Crippen LogP contribution is -2.19. The predicted molar refractivity (Wildman–Crippen MR) is 68.6 cm³/mol. The van der Waals surface area contributed by atoms with Crippen LogP contribution in [-0.4, -0.2) is 26.8 Å². The molecule has 0 aliphatic rings. The molecule has 0 aliphatic heterocycles. The Morgan fingerprint density at radius 3 is 2.94 bits per heavy atom. The summed E-state index contributed by atoms with van der Waals surface area (Å²) in [4.78, 5) is 0. The molecule has 1 aromatic carbocycles. The van der Waals surface area contributed by atoms with Crippen LogP contribution in [0.4, 0.5) is 4.39 Å². The smallest absolute Gasteiger partial charge is 0.123 e. The summed E-state index contributed by atoms with van der Waals surface area (Å²) in [5, 5.41) is 3.26. The number of benzene rings is 1. The van der Waals surface area contributed by atoms with Crippen molar-refractivity contribution in [1.29, 1.82) is 0 Å². The summed E-state index contributed by atoms with van der Waals surface area (Å²) in [6.07, 6.45) is 5.96. The lowest BCUT2D eigenvalue weighted by Gasteiger charge is -2.00. The number of allylic oxidation sites excluding steroid dienone is 1. The summed E-state index contributed by atoms with van der Waals surface area (Å²) in [5.74, 6) is -0.169. The Bertz CT molecular complexity index is 339. The fourth-order valence-corrected chi connectivity index (χ4v) is 1.49. The summed E-state index contributed by atoms with van der Waals surface area (Å²) in [5.41, 5.74) is 1.01. The summed E-state index contributed by atoms with van der Waals surface area (Å²) in [7, 11) is 1.70. The number of hydrogen-bond acceptors (Lipinski definition) is 2. The van der Waals surface area contributed by atoms with Crippen molar-refractivity contribution in [3.05, 3.63) is 47.8 Å². The van der Waals surface area contributed by atoms with Crippen LogP contribution < -0.4 is 5.32 Å². The quantitative estimate of drug-likeness (QED) is 0.554. The van der Waals surface area contributed by atoms with E-state index in [2.05, 4.69) is 17.5 Å². The summed E-state index contributed by atoms with van der Waals surface area (Å²) in [6, 6.07) is 6.71. The van der Waals surface area contributed by atoms with Crippen LogP contribution in [0.1, 0.15) is 12.0 Å². The van der Waals surface area contributed by atoms with Gasteiger partial charge in [-0.25, -0.2) is 4.39 Å². The molecule has 0 amide bonds. The molecule has 1 rings (SSSR count). The highest BCUT2D eigenvalue weighted by molar-refractivity contribution is 5.18. The second-order valence-corrected chi connectivity index (χ2v) is 3.84. The molecule has 0 radical (unpaired) electrons. The molecular weight excluding hydrogens is 217 g/mol. The van der Waals surface area contributed by atoms with Gasteiger partial charge in [-0.05, 0) is 37.1 Å². The number of hydrogen-bond donors (Lipinski definition) is 1. The topological polar surface area (TPSA) is 21.3 Å². The van der Waals surface area contributed by atoms with E-state index in [1.807, 2.05) is 6.07 Å². The van der Waals surface area contributed by atoms with Crippen molar-refractivity contribution in [3.8, 4) is 0 Å². The maximum atomic E-state index is 12.9. The molecule has 0 spiro atoms. The SMILES string of the molecule is COCCNCCC=CCc1cccc(F)c1. The molecule has 0 fully saturated rings. The Hall–Kier alpha value is -1.19. The lowest BCUT2D eigenvalue weighted by atomic mass is 10.1. The molecule has 0 saturated carbocycles. The molecule has 3 heteroatoms. The van der Waals surface area contributed by atoms with E-state index >= 15 is 0 Å². The van der Waals surface area contributed by atoms with Crippen molar-refractivity contribution in [3.63, 3.8) is 0 Å². The van der Waals surface area contributed by atoms with Gasteiger partial charge in [0.2, 0.25) is 0 Å². The molecule has 17 heavy (non-hydrogen) atoms. The first kappa shape index (κ1) is 13.9. The highest BCUT2D eigenvalue weighted by atomic mass is 19.1. The van der Waals surface area contributed by atoms with E-state index in [0.29, 0.717) is 0 Å². The van der Waals surface area contributed by atoms with Gasteiger partial charge in [0.15, 0.2) is 0 Å². The number of methoxy groups -OCH3 is 1. The second kappa shape index (κ2) is 8.90. The van der Waals surface area contributed by atoms with Crippen molar-refractivity contribution in [2.45, 2.75) is 12.8 Å². The van der Waals surface area contributed by atoms with Gasteiger partial charge >= 0.3 is 0 Å². The van der Waals surface area contributed by atoms with E-state index in [4.69, 9.17) is 4.74 Å². The van der Waals surface area contributed by atoms with Crippen LogP contribution in [0.5, 0.6) is 0 Å². The van der Waals surface area contributed by atoms with Crippen LogP contribution >= 0.6 is 0 Å². The average Bonchev–Trinajstić information content (AvgIpc) is 2.33. The minimum Gasteiger partial charge on any atom is -0.383 e. The molecule has 0 unspecified atom stereocenters. The van der Waals surface area contributed by atoms with Crippen molar-refractivity contribution in [1.82, 2.24) is 5.32 Å². The van der Waals surface area contributed by atoms with Crippen LogP contribution in [0, 0.1) is 5.82 Å². The third kappa shape index (κ3) is 6.87. The van der Waals surface area contributed by atoms with Crippen LogP contribution in [0.15, 0.2) is 36.4 Å². The zero-order valence-corrected chi connectivity index (χ0v) is 10.3. The van der Waals surface area contributed by atoms with Gasteiger partial charge in [0.05, 0.1) is 6.61 Å². The first-order valence-corrected chi connectivity index (χ1v) is 5.92. The number of ether oxygens (including phenoxy) is 1. The third-order valence-corrected chi connectivity index (χ3v) is 2.38. The van der Waals surface area contributed by atoms with E-state index < -0.39 is 0 Å². The van der Waals surface area contributed by atoms with Crippen LogP contribution in [0.3, 0.4) is 0 Å². The molecule has 1 aromatic rings. The Kier molecular flexibility index (Phi) is 7.27. The van der Waals surface area contributed by atoms with Gasteiger partial charge in [-0.2, -0.15) is 0 Å². The molecular formula is C14H20FNO. The molecule has 0 atom stereocenters. The molecule has 0 aromatic heterocycles. The fraction of sp³-hybridized carbons (Fsp3) is 0.429. The van der Waals surface area contributed by atoms with Crippen LogP contribution in [-0.2, 0) is 11.2 Å². The predicted octanol–water partition coefficient (Wildman–Crippen LogP) is 2.55. The van der Waals surface area contributed by atoms with Gasteiger partial charge in [-0.15, -0.1) is 0 Å². The molecule has 94 valence electrons. The largest absolute Gasteiger partial charge is 0.383 e. The van der Waals surface area contributed by atoms with Gasteiger partial charge in [-0.3, -0.25) is 0 Å². The standard InChI is InChI=1S/C14H20FNO/c1-17-11-10-16-9-4-2-3-6-13-7-5-8-14(15)12-13/h2-3,5,7-8,12,16H,4,6,9-11H2,1H3. The second-order valence-electron chi connectivity index (χ2n) is 3.84. The highest BCUT2D eigenvalue weighted by Crippen LogP contribution is 2.04. The first-order valence-electron chi connectivity index (χ1n) is 5.92. The minimum absolute atomic E-state index is 0.169. The van der Waals surface area contributed by atoms with Crippen molar-refractivity contribution in [2.75, 3.05) is 26.8 Å². The Morgan fingerprint density at radius 1 is 1.29 bits per heavy atom. The van der Waals surface area contributed by atoms with Gasteiger partial charge < -0.3 is 10.1 Å². The first-order chi connectivity index (χ1) is 8.33. The number of rotatable bonds is 8. The third-order valence-electron chi connectivity index (χ3n) is 2.38. The lowest BCUT2D eigenvalue weighted by molar-refractivity contribution is 0.199. The van der Waals surface area contributed by atoms with Crippen LogP contribution in [0.25, 0.3) is 0 Å². The summed E-state index contributed by atoms with van der Waals surface area (Å²) < 4.78 is 17.8. The molecule has 0 heterocycles. The van der Waals surface area contributed by atoms with Crippen LogP contribution in [0.2, 0.25) is 0 Å². The number of nitrogens with one attached hydrogen (secondary N) is 1. The van der Waals surface area contributed by atoms with Gasteiger partial charge in [-0.1, -0.05) is 24.3 Å². The summed E-state index contributed by atoms with van der Waals surface area (Å²) in [6.45, 7) is 2.57. The Balaban J connectivity index is 2.10. The zero-order valence-electron chi connectivity index (χ0n) is 10.3. The molecule has 1 N–H and O–H groups in total. The normalized spacial score (nSPS) is 11.2.